The van der Waals surface area contributed by atoms with E-state index in [9.17, 15) is 9.00 Å². The molecule has 0 bridgehead atoms. The molecule has 10 heteroatoms. The van der Waals surface area contributed by atoms with Gasteiger partial charge >= 0.3 is 0 Å². The Morgan fingerprint density at radius 3 is 2.62 bits per heavy atom. The Balaban J connectivity index is 1.76. The number of nitrogens with zero attached hydrogens (tertiary/aromatic N) is 4. The molecule has 1 atom stereocenters. The predicted molar refractivity (Wildman–Crippen MR) is 92.7 cm³/mol. The molecule has 0 saturated carbocycles. The number of nitrogens with one attached hydrogen (secondary N) is 1. The number of aromatic nitrogens is 4. The molecule has 2 aromatic heterocycles. The van der Waals surface area contributed by atoms with Crippen LogP contribution in [0.5, 0.6) is 0 Å². The molecule has 1 unspecified atom stereocenters. The zero-order valence-corrected chi connectivity index (χ0v) is 14.7. The number of hydrogen-bond donors (Lipinski definition) is 1. The van der Waals surface area contributed by atoms with Crippen molar-refractivity contribution in [1.29, 1.82) is 0 Å². The fourth-order valence-electron chi connectivity index (χ4n) is 2.09. The van der Waals surface area contributed by atoms with Crippen LogP contribution < -0.4 is 5.32 Å². The molecule has 24 heavy (non-hydrogen) atoms. The van der Waals surface area contributed by atoms with Crippen molar-refractivity contribution < 1.29 is 9.00 Å². The Bertz CT molecular complexity index is 942. The predicted octanol–water partition coefficient (Wildman–Crippen LogP) is 2.51. The minimum Gasteiger partial charge on any atom is -0.325 e. The van der Waals surface area contributed by atoms with Crippen LogP contribution in [0, 0.1) is 0 Å². The maximum absolute atomic E-state index is 12.2. The molecule has 3 aromatic rings. The smallest absolute Gasteiger partial charge is 0.244 e. The van der Waals surface area contributed by atoms with Gasteiger partial charge in [-0.2, -0.15) is 4.98 Å². The highest BCUT2D eigenvalue weighted by Crippen LogP contribution is 2.20. The zero-order chi connectivity index (χ0) is 17.3. The van der Waals surface area contributed by atoms with Crippen LogP contribution in [0.25, 0.3) is 11.2 Å². The Kier molecular flexibility index (Phi) is 4.79. The third-order valence-electron chi connectivity index (χ3n) is 3.18. The first-order chi connectivity index (χ1) is 11.4. The summed E-state index contributed by atoms with van der Waals surface area (Å²) in [6.07, 6.45) is 3.04. The normalized spacial score (nSPS) is 12.3. The third kappa shape index (κ3) is 3.55. The summed E-state index contributed by atoms with van der Waals surface area (Å²) in [5, 5.41) is 2.86. The van der Waals surface area contributed by atoms with Crippen LogP contribution in [0.4, 0.5) is 5.69 Å². The van der Waals surface area contributed by atoms with E-state index in [2.05, 4.69) is 20.3 Å². The summed E-state index contributed by atoms with van der Waals surface area (Å²) in [5.74, 6) is -0.273. The number of fused-ring (bicyclic) bond motifs is 1. The van der Waals surface area contributed by atoms with E-state index in [1.807, 2.05) is 0 Å². The molecule has 7 nitrogen and oxygen atoms in total. The average molecular weight is 384 g/mol. The summed E-state index contributed by atoms with van der Waals surface area (Å²) in [7, 11) is -1.06. The first-order valence-electron chi connectivity index (χ1n) is 6.71. The number of rotatable bonds is 4. The van der Waals surface area contributed by atoms with Crippen LogP contribution in [0.1, 0.15) is 0 Å². The lowest BCUT2D eigenvalue weighted by molar-refractivity contribution is -0.116. The number of carbonyl (C=O) groups is 1. The second kappa shape index (κ2) is 6.84. The van der Waals surface area contributed by atoms with Crippen LogP contribution in [-0.2, 0) is 22.1 Å². The molecule has 0 fully saturated rings. The van der Waals surface area contributed by atoms with E-state index in [1.165, 1.54) is 10.9 Å². The van der Waals surface area contributed by atoms with Crippen molar-refractivity contribution in [3.8, 4) is 0 Å². The first kappa shape index (κ1) is 16.8. The van der Waals surface area contributed by atoms with Gasteiger partial charge in [0.15, 0.2) is 10.8 Å². The monoisotopic (exact) mass is 383 g/mol. The number of carbonyl (C=O) groups excluding carboxylic acids is 1. The Hall–Kier alpha value is -2.03. The van der Waals surface area contributed by atoms with Gasteiger partial charge in [-0.25, -0.2) is 9.97 Å². The highest BCUT2D eigenvalue weighted by atomic mass is 35.5. The van der Waals surface area contributed by atoms with E-state index in [0.29, 0.717) is 21.7 Å². The summed E-state index contributed by atoms with van der Waals surface area (Å²) in [4.78, 5) is 24.8. The molecule has 2 heterocycles. The van der Waals surface area contributed by atoms with Crippen molar-refractivity contribution in [3.05, 3.63) is 41.0 Å². The van der Waals surface area contributed by atoms with Gasteiger partial charge in [-0.05, 0) is 35.9 Å². The molecule has 3 rings (SSSR count). The van der Waals surface area contributed by atoms with Crippen LogP contribution in [0.2, 0.25) is 10.4 Å². The highest BCUT2D eigenvalue weighted by molar-refractivity contribution is 7.84. The van der Waals surface area contributed by atoms with E-state index in [1.54, 1.807) is 30.5 Å². The Morgan fingerprint density at radius 2 is 1.96 bits per heavy atom. The van der Waals surface area contributed by atoms with E-state index in [0.717, 1.165) is 0 Å². The van der Waals surface area contributed by atoms with E-state index in [4.69, 9.17) is 23.2 Å². The van der Waals surface area contributed by atoms with Gasteiger partial charge < -0.3 is 9.88 Å². The largest absolute Gasteiger partial charge is 0.325 e. The van der Waals surface area contributed by atoms with Crippen molar-refractivity contribution in [2.75, 3.05) is 11.6 Å². The SMILES string of the molecule is CS(=O)c1ccc(NC(=O)Cn2cnc3c(Cl)nc(Cl)nc32)cc1. The molecular formula is C14H11Cl2N5O2S. The van der Waals surface area contributed by atoms with Crippen molar-refractivity contribution in [1.82, 2.24) is 19.5 Å². The van der Waals surface area contributed by atoms with Crippen molar-refractivity contribution in [3.63, 3.8) is 0 Å². The second-order valence-corrected chi connectivity index (χ2v) is 6.93. The molecule has 0 aliphatic rings. The summed E-state index contributed by atoms with van der Waals surface area (Å²) >= 11 is 11.7. The number of imidazole rings is 1. The molecule has 0 radical (unpaired) electrons. The van der Waals surface area contributed by atoms with Crippen LogP contribution in [0.3, 0.4) is 0 Å². The number of amides is 1. The second-order valence-electron chi connectivity index (χ2n) is 4.85. The summed E-state index contributed by atoms with van der Waals surface area (Å²) in [6.45, 7) is -0.0123. The standard InChI is InChI=1S/C14H11Cl2N5O2S/c1-24(23)9-4-2-8(3-5-9)18-10(22)6-21-7-17-11-12(15)19-14(16)20-13(11)21/h2-5,7H,6H2,1H3,(H,18,22). The summed E-state index contributed by atoms with van der Waals surface area (Å²) in [5.41, 5.74) is 1.36. The quantitative estimate of drug-likeness (QED) is 0.552. The first-order valence-corrected chi connectivity index (χ1v) is 9.02. The molecule has 124 valence electrons. The molecule has 0 aliphatic heterocycles. The maximum Gasteiger partial charge on any atom is 0.244 e. The zero-order valence-electron chi connectivity index (χ0n) is 12.4. The lowest BCUT2D eigenvalue weighted by Gasteiger charge is -2.07. The van der Waals surface area contributed by atoms with Gasteiger partial charge in [0.2, 0.25) is 11.2 Å². The van der Waals surface area contributed by atoms with Crippen LogP contribution in [0.15, 0.2) is 35.5 Å². The van der Waals surface area contributed by atoms with Crippen molar-refractivity contribution >= 4 is 56.8 Å². The van der Waals surface area contributed by atoms with Gasteiger partial charge in [0.1, 0.15) is 12.1 Å². The summed E-state index contributed by atoms with van der Waals surface area (Å²) in [6, 6.07) is 6.78. The minimum absolute atomic E-state index is 0.0123. The third-order valence-corrected chi connectivity index (χ3v) is 4.55. The number of halogens is 2. The topological polar surface area (TPSA) is 89.8 Å². The lowest BCUT2D eigenvalue weighted by atomic mass is 10.3. The van der Waals surface area contributed by atoms with E-state index >= 15 is 0 Å². The van der Waals surface area contributed by atoms with Gasteiger partial charge in [0.25, 0.3) is 0 Å². The Labute approximate surface area is 149 Å². The molecule has 1 N–H and O–H groups in total. The number of hydrogen-bond acceptors (Lipinski definition) is 5. The van der Waals surface area contributed by atoms with Gasteiger partial charge in [0, 0.05) is 27.6 Å². The highest BCUT2D eigenvalue weighted by Gasteiger charge is 2.13. The number of anilines is 1. The van der Waals surface area contributed by atoms with Gasteiger partial charge in [-0.3, -0.25) is 9.00 Å². The fourth-order valence-corrected chi connectivity index (χ4v) is 3.03. The average Bonchev–Trinajstić information content (AvgIpc) is 2.91. The molecular weight excluding hydrogens is 373 g/mol. The molecule has 1 amide bonds. The van der Waals surface area contributed by atoms with E-state index < -0.39 is 10.8 Å². The van der Waals surface area contributed by atoms with Gasteiger partial charge in [0.05, 0.1) is 6.33 Å². The molecule has 0 aliphatic carbocycles. The maximum atomic E-state index is 12.2. The molecule has 1 aromatic carbocycles. The van der Waals surface area contributed by atoms with E-state index in [-0.39, 0.29) is 22.9 Å². The lowest BCUT2D eigenvalue weighted by Crippen LogP contribution is -2.18. The molecule has 0 saturated heterocycles. The van der Waals surface area contributed by atoms with Crippen LogP contribution >= 0.6 is 23.2 Å². The van der Waals surface area contributed by atoms with Gasteiger partial charge in [-0.15, -0.1) is 0 Å². The Morgan fingerprint density at radius 1 is 1.25 bits per heavy atom. The van der Waals surface area contributed by atoms with Crippen LogP contribution in [-0.4, -0.2) is 35.9 Å². The fraction of sp³-hybridized carbons (Fsp3) is 0.143. The molecule has 0 spiro atoms. The van der Waals surface area contributed by atoms with Crippen molar-refractivity contribution in [2.24, 2.45) is 0 Å². The minimum atomic E-state index is -1.06. The number of benzene rings is 1. The van der Waals surface area contributed by atoms with Gasteiger partial charge in [-0.1, -0.05) is 11.6 Å². The summed E-state index contributed by atoms with van der Waals surface area (Å²) < 4.78 is 12.9. The van der Waals surface area contributed by atoms with Crippen molar-refractivity contribution in [2.45, 2.75) is 11.4 Å².